The summed E-state index contributed by atoms with van der Waals surface area (Å²) in [4.78, 5) is 59.5. The lowest BCUT2D eigenvalue weighted by molar-refractivity contribution is -0.144. The minimum atomic E-state index is -0.842. The minimum Gasteiger partial charge on any atom is -0.368 e. The van der Waals surface area contributed by atoms with E-state index in [9.17, 15) is 24.0 Å². The number of carbonyl (C=O) groups excluding carboxylic acids is 5. The van der Waals surface area contributed by atoms with Crippen molar-refractivity contribution in [2.24, 2.45) is 5.73 Å². The molecule has 1 fully saturated rings. The van der Waals surface area contributed by atoms with Crippen LogP contribution in [0.25, 0.3) is 0 Å². The van der Waals surface area contributed by atoms with Crippen LogP contribution < -0.4 is 21.7 Å². The quantitative estimate of drug-likeness (QED) is 0.402. The normalized spacial score (nSPS) is 18.0. The highest BCUT2D eigenvalue weighted by molar-refractivity contribution is 5.93. The number of piperidine rings is 1. The molecule has 0 unspecified atom stereocenters. The van der Waals surface area contributed by atoms with Crippen LogP contribution >= 0.6 is 0 Å². The summed E-state index contributed by atoms with van der Waals surface area (Å²) >= 11 is 0. The van der Waals surface area contributed by atoms with Crippen LogP contribution in [0.2, 0.25) is 0 Å². The average molecular weight is 355 g/mol. The molecule has 25 heavy (non-hydrogen) atoms. The Labute approximate surface area is 145 Å². The third-order valence-corrected chi connectivity index (χ3v) is 3.77. The first-order valence-corrected chi connectivity index (χ1v) is 8.12. The number of nitrogens with one attached hydrogen (secondary N) is 3. The van der Waals surface area contributed by atoms with Crippen LogP contribution in [0.4, 0.5) is 0 Å². The second kappa shape index (κ2) is 9.60. The van der Waals surface area contributed by atoms with Crippen LogP contribution in [0, 0.1) is 0 Å². The number of amides is 5. The van der Waals surface area contributed by atoms with Gasteiger partial charge in [-0.15, -0.1) is 0 Å². The Bertz CT molecular complexity index is 550. The van der Waals surface area contributed by atoms with E-state index in [0.717, 1.165) is 12.8 Å². The first-order chi connectivity index (χ1) is 11.7. The smallest absolute Gasteiger partial charge is 0.245 e. The molecule has 0 aromatic heterocycles. The number of likely N-dealkylation sites (tertiary alicyclic amines) is 1. The fourth-order valence-corrected chi connectivity index (χ4v) is 2.57. The molecular weight excluding hydrogens is 330 g/mol. The Balaban J connectivity index is 2.65. The molecule has 140 valence electrons. The molecule has 5 N–H and O–H groups in total. The maximum atomic E-state index is 12.6. The third kappa shape index (κ3) is 6.77. The summed E-state index contributed by atoms with van der Waals surface area (Å²) in [6, 6.07) is -1.54. The van der Waals surface area contributed by atoms with Gasteiger partial charge in [0.1, 0.15) is 12.1 Å². The van der Waals surface area contributed by atoms with Crippen molar-refractivity contribution in [2.45, 2.75) is 45.2 Å². The molecule has 0 saturated carbocycles. The fraction of sp³-hybridized carbons (Fsp3) is 0.667. The maximum Gasteiger partial charge on any atom is 0.245 e. The average Bonchev–Trinajstić information content (AvgIpc) is 2.57. The first-order valence-electron chi connectivity index (χ1n) is 8.12. The lowest BCUT2D eigenvalue weighted by Gasteiger charge is -2.36. The summed E-state index contributed by atoms with van der Waals surface area (Å²) in [7, 11) is 0. The van der Waals surface area contributed by atoms with E-state index in [4.69, 9.17) is 5.73 Å². The van der Waals surface area contributed by atoms with Gasteiger partial charge in [0.2, 0.25) is 29.5 Å². The molecule has 0 aromatic rings. The van der Waals surface area contributed by atoms with Crippen molar-refractivity contribution >= 4 is 29.5 Å². The van der Waals surface area contributed by atoms with Crippen molar-refractivity contribution in [3.63, 3.8) is 0 Å². The van der Waals surface area contributed by atoms with Gasteiger partial charge in [-0.3, -0.25) is 24.0 Å². The van der Waals surface area contributed by atoms with Crippen molar-refractivity contribution < 1.29 is 24.0 Å². The van der Waals surface area contributed by atoms with Crippen molar-refractivity contribution in [1.82, 2.24) is 20.9 Å². The number of rotatable bonds is 7. The van der Waals surface area contributed by atoms with E-state index < -0.39 is 35.7 Å². The van der Waals surface area contributed by atoms with Crippen molar-refractivity contribution in [3.8, 4) is 0 Å². The van der Waals surface area contributed by atoms with Gasteiger partial charge in [0.05, 0.1) is 13.1 Å². The zero-order valence-corrected chi connectivity index (χ0v) is 14.5. The molecule has 0 bridgehead atoms. The van der Waals surface area contributed by atoms with Crippen LogP contribution in [0.5, 0.6) is 0 Å². The predicted octanol–water partition coefficient (Wildman–Crippen LogP) is -2.39. The molecule has 2 atom stereocenters. The highest BCUT2D eigenvalue weighted by atomic mass is 16.2. The van der Waals surface area contributed by atoms with Crippen molar-refractivity contribution in [2.75, 3.05) is 19.6 Å². The zero-order chi connectivity index (χ0) is 19.0. The Morgan fingerprint density at radius 1 is 1.12 bits per heavy atom. The lowest BCUT2D eigenvalue weighted by atomic mass is 10.00. The highest BCUT2D eigenvalue weighted by Gasteiger charge is 2.34. The molecule has 5 amide bonds. The summed E-state index contributed by atoms with van der Waals surface area (Å²) in [5.41, 5.74) is 5.01. The standard InChI is InChI=1S/C15H25N5O5/c1-9(19-13(23)8-17-10(2)21)15(25)20-6-4-3-5-11(20)14(24)18-7-12(16)22/h9,11H,3-8H2,1-2H3,(H2,16,22)(H,17,21)(H,18,24)(H,19,23)/t9-,11-/m0/s1. The SMILES string of the molecule is CC(=O)NCC(=O)N[C@@H](C)C(=O)N1CCCC[C@H]1C(=O)NCC(N)=O. The van der Waals surface area contributed by atoms with Crippen LogP contribution in [0.1, 0.15) is 33.1 Å². The van der Waals surface area contributed by atoms with E-state index >= 15 is 0 Å². The number of hydrogen-bond donors (Lipinski definition) is 4. The number of nitrogens with zero attached hydrogens (tertiary/aromatic N) is 1. The number of hydrogen-bond acceptors (Lipinski definition) is 5. The molecule has 1 heterocycles. The Kier molecular flexibility index (Phi) is 7.83. The van der Waals surface area contributed by atoms with Gasteiger partial charge in [0.15, 0.2) is 0 Å². The number of nitrogens with two attached hydrogens (primary N) is 1. The molecule has 1 saturated heterocycles. The van der Waals surface area contributed by atoms with E-state index in [0.29, 0.717) is 13.0 Å². The van der Waals surface area contributed by atoms with Gasteiger partial charge in [0, 0.05) is 13.5 Å². The maximum absolute atomic E-state index is 12.6. The van der Waals surface area contributed by atoms with Gasteiger partial charge in [-0.2, -0.15) is 0 Å². The molecular formula is C15H25N5O5. The van der Waals surface area contributed by atoms with Gasteiger partial charge in [-0.05, 0) is 26.2 Å². The summed E-state index contributed by atoms with van der Waals surface area (Å²) in [5, 5.41) is 7.24. The summed E-state index contributed by atoms with van der Waals surface area (Å²) in [6.07, 6.45) is 2.00. The summed E-state index contributed by atoms with van der Waals surface area (Å²) in [6.45, 7) is 2.67. The Morgan fingerprint density at radius 3 is 2.40 bits per heavy atom. The van der Waals surface area contributed by atoms with Crippen LogP contribution in [0.15, 0.2) is 0 Å². The van der Waals surface area contributed by atoms with Gasteiger partial charge in [-0.1, -0.05) is 0 Å². The molecule has 1 aliphatic heterocycles. The molecule has 10 heteroatoms. The molecule has 0 spiro atoms. The van der Waals surface area contributed by atoms with Gasteiger partial charge in [-0.25, -0.2) is 0 Å². The molecule has 0 aromatic carbocycles. The van der Waals surface area contributed by atoms with E-state index in [1.807, 2.05) is 0 Å². The van der Waals surface area contributed by atoms with Gasteiger partial charge >= 0.3 is 0 Å². The first kappa shape index (κ1) is 20.4. The molecule has 1 aliphatic rings. The monoisotopic (exact) mass is 355 g/mol. The van der Waals surface area contributed by atoms with E-state index in [2.05, 4.69) is 16.0 Å². The molecule has 1 rings (SSSR count). The second-order valence-corrected chi connectivity index (χ2v) is 5.93. The fourth-order valence-electron chi connectivity index (χ4n) is 2.57. The van der Waals surface area contributed by atoms with Crippen molar-refractivity contribution in [1.29, 1.82) is 0 Å². The topological polar surface area (TPSA) is 151 Å². The molecule has 10 nitrogen and oxygen atoms in total. The van der Waals surface area contributed by atoms with Gasteiger partial charge < -0.3 is 26.6 Å². The second-order valence-electron chi connectivity index (χ2n) is 5.93. The lowest BCUT2D eigenvalue weighted by Crippen LogP contribution is -2.57. The predicted molar refractivity (Wildman–Crippen MR) is 87.8 cm³/mol. The third-order valence-electron chi connectivity index (χ3n) is 3.77. The highest BCUT2D eigenvalue weighted by Crippen LogP contribution is 2.18. The van der Waals surface area contributed by atoms with E-state index in [1.54, 1.807) is 0 Å². The molecule has 0 aliphatic carbocycles. The van der Waals surface area contributed by atoms with Crippen LogP contribution in [0.3, 0.4) is 0 Å². The largest absolute Gasteiger partial charge is 0.368 e. The van der Waals surface area contributed by atoms with Gasteiger partial charge in [0.25, 0.3) is 0 Å². The Morgan fingerprint density at radius 2 is 1.80 bits per heavy atom. The van der Waals surface area contributed by atoms with Crippen LogP contribution in [-0.2, 0) is 24.0 Å². The Hall–Kier alpha value is -2.65. The van der Waals surface area contributed by atoms with Crippen LogP contribution in [-0.4, -0.2) is 66.2 Å². The number of primary amides is 1. The minimum absolute atomic E-state index is 0.227. The molecule has 0 radical (unpaired) electrons. The van der Waals surface area contributed by atoms with Crippen molar-refractivity contribution in [3.05, 3.63) is 0 Å². The summed E-state index contributed by atoms with van der Waals surface area (Å²) in [5.74, 6) is -2.35. The van der Waals surface area contributed by atoms with E-state index in [-0.39, 0.29) is 19.0 Å². The number of carbonyl (C=O) groups is 5. The van der Waals surface area contributed by atoms with E-state index in [1.165, 1.54) is 18.7 Å². The summed E-state index contributed by atoms with van der Waals surface area (Å²) < 4.78 is 0. The zero-order valence-electron chi connectivity index (χ0n) is 14.5.